The van der Waals surface area contributed by atoms with E-state index in [0.717, 1.165) is 26.3 Å². The van der Waals surface area contributed by atoms with Gasteiger partial charge in [0.15, 0.2) is 5.13 Å². The summed E-state index contributed by atoms with van der Waals surface area (Å²) in [5.41, 5.74) is 4.11. The summed E-state index contributed by atoms with van der Waals surface area (Å²) in [6.07, 6.45) is 1.94. The lowest BCUT2D eigenvalue weighted by molar-refractivity contribution is -0.130. The van der Waals surface area contributed by atoms with Gasteiger partial charge in [-0.3, -0.25) is 9.59 Å². The number of piperazine rings is 1. The Morgan fingerprint density at radius 2 is 1.70 bits per heavy atom. The number of aromatic nitrogens is 1. The minimum absolute atomic E-state index is 0.0443. The van der Waals surface area contributed by atoms with Crippen LogP contribution in [-0.2, 0) is 11.3 Å². The lowest BCUT2D eigenvalue weighted by Crippen LogP contribution is -2.50. The summed E-state index contributed by atoms with van der Waals surface area (Å²) >= 11 is 3.31. The van der Waals surface area contributed by atoms with Gasteiger partial charge in [-0.1, -0.05) is 66.8 Å². The molecule has 2 aromatic carbocycles. The standard InChI is InChI=1S/C31H40N4O3S2/c1-20(2)23(5)35(19-25-10-8-21(3)9-11-25)31-32-18-29(40-31)39-28-17-26(27(38-7)16-22(28)4)30(37)34-14-12-33(13-15-34)24(6)36/h8-11,16-18,20,23H,12-15,19H2,1-7H3. The van der Waals surface area contributed by atoms with Crippen LogP contribution >= 0.6 is 23.1 Å². The number of benzene rings is 2. The van der Waals surface area contributed by atoms with Crippen LogP contribution in [0.4, 0.5) is 5.13 Å². The van der Waals surface area contributed by atoms with E-state index in [4.69, 9.17) is 9.72 Å². The first-order valence-corrected chi connectivity index (χ1v) is 15.4. The number of thiazole rings is 1. The number of hydrogen-bond acceptors (Lipinski definition) is 7. The Hall–Kier alpha value is -3.04. The van der Waals surface area contributed by atoms with Crippen molar-refractivity contribution in [2.75, 3.05) is 38.2 Å². The number of carbonyl (C=O) groups excluding carboxylic acids is 2. The second kappa shape index (κ2) is 13.1. The molecule has 40 heavy (non-hydrogen) atoms. The highest BCUT2D eigenvalue weighted by atomic mass is 32.2. The van der Waals surface area contributed by atoms with Gasteiger partial charge in [0.1, 0.15) is 5.75 Å². The number of anilines is 1. The number of aryl methyl sites for hydroxylation is 2. The molecule has 1 saturated heterocycles. The van der Waals surface area contributed by atoms with E-state index < -0.39 is 0 Å². The van der Waals surface area contributed by atoms with E-state index in [1.807, 2.05) is 30.2 Å². The van der Waals surface area contributed by atoms with Gasteiger partial charge in [-0.25, -0.2) is 4.98 Å². The summed E-state index contributed by atoms with van der Waals surface area (Å²) in [6, 6.07) is 12.9. The molecule has 1 fully saturated rings. The maximum absolute atomic E-state index is 13.5. The topological polar surface area (TPSA) is 66.0 Å². The molecule has 0 bridgehead atoms. The molecule has 1 aliphatic heterocycles. The van der Waals surface area contributed by atoms with Crippen LogP contribution in [0.25, 0.3) is 0 Å². The Labute approximate surface area is 246 Å². The van der Waals surface area contributed by atoms with Crippen molar-refractivity contribution >= 4 is 40.0 Å². The Morgan fingerprint density at radius 3 is 2.30 bits per heavy atom. The molecule has 0 radical (unpaired) electrons. The van der Waals surface area contributed by atoms with Gasteiger partial charge in [-0.2, -0.15) is 0 Å². The predicted molar refractivity (Wildman–Crippen MR) is 164 cm³/mol. The lowest BCUT2D eigenvalue weighted by atomic mass is 10.0. The molecule has 1 aromatic heterocycles. The molecule has 1 unspecified atom stereocenters. The molecule has 1 aliphatic rings. The lowest BCUT2D eigenvalue weighted by Gasteiger charge is -2.34. The molecular formula is C31H40N4O3S2. The van der Waals surface area contributed by atoms with E-state index in [2.05, 4.69) is 56.9 Å². The second-order valence-electron chi connectivity index (χ2n) is 10.8. The number of carbonyl (C=O) groups is 2. The average Bonchev–Trinajstić information content (AvgIpc) is 3.41. The predicted octanol–water partition coefficient (Wildman–Crippen LogP) is 6.28. The van der Waals surface area contributed by atoms with Crippen molar-refractivity contribution in [2.24, 2.45) is 5.92 Å². The van der Waals surface area contributed by atoms with Crippen LogP contribution in [0.15, 0.2) is 51.7 Å². The third kappa shape index (κ3) is 6.99. The van der Waals surface area contributed by atoms with Gasteiger partial charge >= 0.3 is 0 Å². The summed E-state index contributed by atoms with van der Waals surface area (Å²) in [6.45, 7) is 15.4. The monoisotopic (exact) mass is 580 g/mol. The molecule has 3 aromatic rings. The maximum Gasteiger partial charge on any atom is 0.257 e. The van der Waals surface area contributed by atoms with Crippen molar-refractivity contribution in [3.05, 3.63) is 64.8 Å². The molecule has 2 heterocycles. The molecule has 4 rings (SSSR count). The number of methoxy groups -OCH3 is 1. The van der Waals surface area contributed by atoms with Gasteiger partial charge in [0.2, 0.25) is 5.91 Å². The summed E-state index contributed by atoms with van der Waals surface area (Å²) in [5, 5.41) is 0.995. The number of nitrogens with zero attached hydrogens (tertiary/aromatic N) is 4. The minimum Gasteiger partial charge on any atom is -0.496 e. The fourth-order valence-corrected chi connectivity index (χ4v) is 6.79. The molecule has 0 saturated carbocycles. The Balaban J connectivity index is 1.56. The zero-order chi connectivity index (χ0) is 29.0. The van der Waals surface area contributed by atoms with Crippen molar-refractivity contribution in [3.63, 3.8) is 0 Å². The SMILES string of the molecule is COc1cc(C)c(Sc2cnc(N(Cc3ccc(C)cc3)C(C)C(C)C)s2)cc1C(=O)N1CCN(C(C)=O)CC1. The third-order valence-corrected chi connectivity index (χ3v) is 9.89. The number of ether oxygens (including phenoxy) is 1. The highest BCUT2D eigenvalue weighted by Crippen LogP contribution is 2.40. The van der Waals surface area contributed by atoms with Gasteiger partial charge in [-0.15, -0.1) is 0 Å². The molecule has 0 aliphatic carbocycles. The van der Waals surface area contributed by atoms with E-state index in [0.29, 0.717) is 49.5 Å². The summed E-state index contributed by atoms with van der Waals surface area (Å²) < 4.78 is 6.68. The van der Waals surface area contributed by atoms with Crippen LogP contribution in [0, 0.1) is 19.8 Å². The smallest absolute Gasteiger partial charge is 0.257 e. The van der Waals surface area contributed by atoms with Crippen molar-refractivity contribution in [2.45, 2.75) is 63.2 Å². The highest BCUT2D eigenvalue weighted by Gasteiger charge is 2.27. The Morgan fingerprint density at radius 1 is 1.05 bits per heavy atom. The van der Waals surface area contributed by atoms with Crippen LogP contribution in [0.1, 0.15) is 54.7 Å². The maximum atomic E-state index is 13.5. The van der Waals surface area contributed by atoms with Crippen molar-refractivity contribution in [1.29, 1.82) is 0 Å². The molecule has 9 heteroatoms. The van der Waals surface area contributed by atoms with E-state index in [-0.39, 0.29) is 11.8 Å². The Bertz CT molecular complexity index is 1330. The number of hydrogen-bond donors (Lipinski definition) is 0. The first-order chi connectivity index (χ1) is 19.1. The van der Waals surface area contributed by atoms with Crippen LogP contribution < -0.4 is 9.64 Å². The molecule has 2 amide bonds. The average molecular weight is 581 g/mol. The van der Waals surface area contributed by atoms with Crippen LogP contribution in [0.3, 0.4) is 0 Å². The normalized spacial score (nSPS) is 14.4. The van der Waals surface area contributed by atoms with E-state index >= 15 is 0 Å². The fraction of sp³-hybridized carbons (Fsp3) is 0.452. The van der Waals surface area contributed by atoms with Gasteiger partial charge in [-0.05, 0) is 49.9 Å². The van der Waals surface area contributed by atoms with Gasteiger partial charge in [0, 0.05) is 50.6 Å². The summed E-state index contributed by atoms with van der Waals surface area (Å²) in [5.74, 6) is 1.02. The van der Waals surface area contributed by atoms with Crippen LogP contribution in [-0.4, -0.2) is 65.9 Å². The minimum atomic E-state index is -0.0677. The largest absolute Gasteiger partial charge is 0.496 e. The van der Waals surface area contributed by atoms with Crippen molar-refractivity contribution in [3.8, 4) is 5.75 Å². The van der Waals surface area contributed by atoms with Crippen molar-refractivity contribution < 1.29 is 14.3 Å². The molecule has 0 N–H and O–H groups in total. The molecule has 1 atom stereocenters. The number of rotatable bonds is 9. The van der Waals surface area contributed by atoms with Crippen LogP contribution in [0.2, 0.25) is 0 Å². The van der Waals surface area contributed by atoms with E-state index in [1.165, 1.54) is 11.1 Å². The summed E-state index contributed by atoms with van der Waals surface area (Å²) in [7, 11) is 1.60. The fourth-order valence-electron chi connectivity index (χ4n) is 4.68. The Kier molecular flexibility index (Phi) is 9.79. The molecule has 7 nitrogen and oxygen atoms in total. The van der Waals surface area contributed by atoms with Gasteiger partial charge in [0.25, 0.3) is 5.91 Å². The molecule has 214 valence electrons. The highest BCUT2D eigenvalue weighted by molar-refractivity contribution is 8.01. The summed E-state index contributed by atoms with van der Waals surface area (Å²) in [4.78, 5) is 37.0. The first-order valence-electron chi connectivity index (χ1n) is 13.8. The van der Waals surface area contributed by atoms with Gasteiger partial charge in [0.05, 0.1) is 23.1 Å². The molecule has 0 spiro atoms. The zero-order valence-electron chi connectivity index (χ0n) is 24.6. The van der Waals surface area contributed by atoms with Gasteiger partial charge < -0.3 is 19.4 Å². The third-order valence-electron chi connectivity index (χ3n) is 7.60. The first kappa shape index (κ1) is 29.9. The quantitative estimate of drug-likeness (QED) is 0.297. The zero-order valence-corrected chi connectivity index (χ0v) is 26.2. The van der Waals surface area contributed by atoms with Crippen molar-refractivity contribution in [1.82, 2.24) is 14.8 Å². The number of amides is 2. The van der Waals surface area contributed by atoms with E-state index in [9.17, 15) is 9.59 Å². The van der Waals surface area contributed by atoms with E-state index in [1.54, 1.807) is 42.0 Å². The van der Waals surface area contributed by atoms with Crippen LogP contribution in [0.5, 0.6) is 5.75 Å². The molecular weight excluding hydrogens is 541 g/mol. The second-order valence-corrected chi connectivity index (χ2v) is 13.1.